The van der Waals surface area contributed by atoms with E-state index < -0.39 is 6.03 Å². The summed E-state index contributed by atoms with van der Waals surface area (Å²) >= 11 is 8.33. The third-order valence-corrected chi connectivity index (χ3v) is 0.348. The Labute approximate surface area is 74.3 Å². The maximum atomic E-state index is 9.75. The molecule has 0 aliphatic carbocycles. The molecule has 0 aliphatic heterocycles. The van der Waals surface area contributed by atoms with Crippen LogP contribution in [0.15, 0.2) is 0 Å². The lowest BCUT2D eigenvalue weighted by molar-refractivity contribution is 0.253. The lowest BCUT2D eigenvalue weighted by Gasteiger charge is -1.91. The highest BCUT2D eigenvalue weighted by atomic mass is 32.1. The molecule has 0 heterocycles. The summed E-state index contributed by atoms with van der Waals surface area (Å²) in [5.41, 5.74) is 18.6. The summed E-state index contributed by atoms with van der Waals surface area (Å²) in [5.74, 6) is 0. The molecule has 0 unspecified atom stereocenters. The molecule has 0 bridgehead atoms. The van der Waals surface area contributed by atoms with E-state index in [-0.39, 0.29) is 10.2 Å². The number of thiocarbonyl (C=S) groups is 2. The highest BCUT2D eigenvalue weighted by Crippen LogP contribution is 1.53. The average molecular weight is 195 g/mol. The van der Waals surface area contributed by atoms with Gasteiger partial charge in [0.15, 0.2) is 10.2 Å². The van der Waals surface area contributed by atoms with Crippen molar-refractivity contribution >= 4 is 40.7 Å². The molecule has 0 aromatic heterocycles. The van der Waals surface area contributed by atoms with Crippen LogP contribution in [-0.2, 0) is 0 Å². The summed E-state index contributed by atoms with van der Waals surface area (Å²) in [4.78, 5) is 9.75. The van der Waals surface area contributed by atoms with Crippen molar-refractivity contribution in [1.29, 1.82) is 0 Å². The molecule has 8 heteroatoms. The van der Waals surface area contributed by atoms with Crippen LogP contribution in [0.3, 0.4) is 0 Å². The maximum absolute atomic E-state index is 9.75. The largest absolute Gasteiger partial charge is 0.377 e. The summed E-state index contributed by atoms with van der Waals surface area (Å²) < 4.78 is 0. The van der Waals surface area contributed by atoms with Crippen molar-refractivity contribution in [3.05, 3.63) is 0 Å². The zero-order valence-electron chi connectivity index (χ0n) is 5.53. The first-order chi connectivity index (χ1) is 4.86. The predicted octanol–water partition coefficient (Wildman–Crippen LogP) is -1.91. The SMILES string of the molecule is NC(=O)NC(N)=S.NC(N)=S. The Morgan fingerprint density at radius 3 is 1.36 bits per heavy atom. The zero-order chi connectivity index (χ0) is 9.44. The fraction of sp³-hybridized carbons (Fsp3) is 0. The molecule has 0 aromatic rings. The minimum atomic E-state index is -0.729. The highest BCUT2D eigenvalue weighted by Gasteiger charge is 1.87. The molecule has 0 atom stereocenters. The van der Waals surface area contributed by atoms with E-state index >= 15 is 0 Å². The second kappa shape index (κ2) is 6.96. The van der Waals surface area contributed by atoms with Gasteiger partial charge in [0.1, 0.15) is 0 Å². The van der Waals surface area contributed by atoms with Crippen LogP contribution in [0.5, 0.6) is 0 Å². The van der Waals surface area contributed by atoms with Crippen LogP contribution in [0.2, 0.25) is 0 Å². The van der Waals surface area contributed by atoms with Crippen molar-refractivity contribution in [3.8, 4) is 0 Å². The van der Waals surface area contributed by atoms with Crippen molar-refractivity contribution < 1.29 is 4.79 Å². The molecule has 6 nitrogen and oxygen atoms in total. The lowest BCUT2D eigenvalue weighted by Crippen LogP contribution is -2.38. The molecule has 2 amide bonds. The molecule has 0 aliphatic rings. The smallest absolute Gasteiger partial charge is 0.318 e. The number of carbonyl (C=O) groups is 1. The van der Waals surface area contributed by atoms with E-state index in [4.69, 9.17) is 5.73 Å². The van der Waals surface area contributed by atoms with E-state index in [1.165, 1.54) is 0 Å². The minimum Gasteiger partial charge on any atom is -0.377 e. The number of nitrogens with one attached hydrogen (secondary N) is 1. The van der Waals surface area contributed by atoms with Crippen molar-refractivity contribution in [1.82, 2.24) is 5.32 Å². The second-order valence-corrected chi connectivity index (χ2v) is 2.17. The topological polar surface area (TPSA) is 133 Å². The number of amides is 2. The summed E-state index contributed by atoms with van der Waals surface area (Å²) in [5, 5.41) is 1.85. The average Bonchev–Trinajstić information content (AvgIpc) is 1.56. The van der Waals surface area contributed by atoms with Gasteiger partial charge >= 0.3 is 6.03 Å². The normalized spacial score (nSPS) is 6.91. The van der Waals surface area contributed by atoms with Gasteiger partial charge in [-0.15, -0.1) is 0 Å². The van der Waals surface area contributed by atoms with Gasteiger partial charge in [-0.3, -0.25) is 5.32 Å². The molecule has 0 spiro atoms. The van der Waals surface area contributed by atoms with Crippen LogP contribution in [0.1, 0.15) is 0 Å². The molecule has 9 N–H and O–H groups in total. The molecule has 0 rings (SSSR count). The Balaban J connectivity index is 0. The van der Waals surface area contributed by atoms with E-state index in [9.17, 15) is 4.79 Å². The fourth-order valence-electron chi connectivity index (χ4n) is 0.121. The van der Waals surface area contributed by atoms with Gasteiger partial charge in [-0.1, -0.05) is 0 Å². The Morgan fingerprint density at radius 1 is 1.09 bits per heavy atom. The van der Waals surface area contributed by atoms with E-state index in [1.807, 2.05) is 5.32 Å². The number of hydrogen-bond acceptors (Lipinski definition) is 3. The summed E-state index contributed by atoms with van der Waals surface area (Å²) in [6.07, 6.45) is 0. The van der Waals surface area contributed by atoms with E-state index in [0.29, 0.717) is 0 Å². The van der Waals surface area contributed by atoms with Crippen LogP contribution in [0, 0.1) is 0 Å². The molecule has 11 heavy (non-hydrogen) atoms. The van der Waals surface area contributed by atoms with Crippen LogP contribution >= 0.6 is 24.4 Å². The summed E-state index contributed by atoms with van der Waals surface area (Å²) in [7, 11) is 0. The number of carbonyl (C=O) groups excluding carboxylic acids is 1. The van der Waals surface area contributed by atoms with Crippen LogP contribution in [-0.4, -0.2) is 16.3 Å². The lowest BCUT2D eigenvalue weighted by atomic mass is 11.0. The number of hydrogen-bond donors (Lipinski definition) is 5. The van der Waals surface area contributed by atoms with Gasteiger partial charge in [0.05, 0.1) is 0 Å². The van der Waals surface area contributed by atoms with Crippen molar-refractivity contribution in [2.45, 2.75) is 0 Å². The molecule has 0 saturated carbocycles. The van der Waals surface area contributed by atoms with Gasteiger partial charge in [-0.05, 0) is 24.4 Å². The Kier molecular flexibility index (Phi) is 7.92. The van der Waals surface area contributed by atoms with Crippen molar-refractivity contribution in [2.75, 3.05) is 0 Å². The molecule has 64 valence electrons. The molecule has 0 saturated heterocycles. The first-order valence-electron chi connectivity index (χ1n) is 2.27. The van der Waals surface area contributed by atoms with Gasteiger partial charge in [0.25, 0.3) is 0 Å². The van der Waals surface area contributed by atoms with Gasteiger partial charge in [-0.25, -0.2) is 4.79 Å². The predicted molar refractivity (Wildman–Crippen MR) is 50.5 cm³/mol. The van der Waals surface area contributed by atoms with E-state index in [2.05, 4.69) is 41.6 Å². The van der Waals surface area contributed by atoms with Gasteiger partial charge < -0.3 is 22.9 Å². The third-order valence-electron chi connectivity index (χ3n) is 0.246. The van der Waals surface area contributed by atoms with Gasteiger partial charge in [-0.2, -0.15) is 0 Å². The van der Waals surface area contributed by atoms with Crippen LogP contribution < -0.4 is 28.3 Å². The summed E-state index contributed by atoms with van der Waals surface area (Å²) in [6.45, 7) is 0. The molecular formula is C3H9N5OS2. The second-order valence-electron chi connectivity index (χ2n) is 1.26. The quantitative estimate of drug-likeness (QED) is 0.286. The first kappa shape index (κ1) is 12.5. The van der Waals surface area contributed by atoms with Gasteiger partial charge in [0.2, 0.25) is 0 Å². The third kappa shape index (κ3) is 51.1. The van der Waals surface area contributed by atoms with Crippen molar-refractivity contribution in [2.24, 2.45) is 22.9 Å². The highest BCUT2D eigenvalue weighted by molar-refractivity contribution is 7.80. The number of nitrogens with two attached hydrogens (primary N) is 4. The first-order valence-corrected chi connectivity index (χ1v) is 3.08. The monoisotopic (exact) mass is 195 g/mol. The molecule has 0 aromatic carbocycles. The number of primary amides is 1. The maximum Gasteiger partial charge on any atom is 0.318 e. The standard InChI is InChI=1S/C2H5N3OS.CH4N2S/c3-1(6)5-2(4)7;2-1(3)4/h(H5,3,4,5,6,7);(H4,2,3,4). The summed E-state index contributed by atoms with van der Waals surface area (Å²) in [6, 6.07) is -0.729. The molecule has 0 radical (unpaired) electrons. The van der Waals surface area contributed by atoms with E-state index in [1.54, 1.807) is 0 Å². The van der Waals surface area contributed by atoms with Crippen LogP contribution in [0.25, 0.3) is 0 Å². The minimum absolute atomic E-state index is 0.000000000000000222. The number of rotatable bonds is 0. The molecular weight excluding hydrogens is 186 g/mol. The van der Waals surface area contributed by atoms with Crippen LogP contribution in [0.4, 0.5) is 4.79 Å². The zero-order valence-corrected chi connectivity index (χ0v) is 7.17. The van der Waals surface area contributed by atoms with E-state index in [0.717, 1.165) is 0 Å². The fourth-order valence-corrected chi connectivity index (χ4v) is 0.222. The number of urea groups is 1. The Morgan fingerprint density at radius 2 is 1.36 bits per heavy atom. The Hall–Kier alpha value is -1.15. The van der Waals surface area contributed by atoms with Gasteiger partial charge in [0, 0.05) is 0 Å². The Bertz CT molecular complexity index is 153. The molecule has 0 fully saturated rings. The van der Waals surface area contributed by atoms with Crippen molar-refractivity contribution in [3.63, 3.8) is 0 Å².